The zero-order valence-corrected chi connectivity index (χ0v) is 20.8. The maximum atomic E-state index is 13.1. The fourth-order valence-corrected chi connectivity index (χ4v) is 5.45. The van der Waals surface area contributed by atoms with Crippen molar-refractivity contribution in [3.8, 4) is 0 Å². The predicted molar refractivity (Wildman–Crippen MR) is 132 cm³/mol. The lowest BCUT2D eigenvalue weighted by Crippen LogP contribution is -2.45. The molecular weight excluding hydrogens is 436 g/mol. The third-order valence-electron chi connectivity index (χ3n) is 6.11. The van der Waals surface area contributed by atoms with Crippen molar-refractivity contribution in [2.45, 2.75) is 49.7 Å². The molecule has 0 unspecified atom stereocenters. The van der Waals surface area contributed by atoms with E-state index >= 15 is 0 Å². The second-order valence-electron chi connectivity index (χ2n) is 9.21. The summed E-state index contributed by atoms with van der Waals surface area (Å²) in [6.45, 7) is 6.41. The van der Waals surface area contributed by atoms with Gasteiger partial charge >= 0.3 is 0 Å². The smallest absolute Gasteiger partial charge is 0.251 e. The third-order valence-corrected chi connectivity index (χ3v) is 7.78. The summed E-state index contributed by atoms with van der Waals surface area (Å²) in [5.41, 5.74) is 1.48. The van der Waals surface area contributed by atoms with Gasteiger partial charge in [-0.15, -0.1) is 0 Å². The molecule has 3 rings (SSSR count). The first-order valence-corrected chi connectivity index (χ1v) is 13.0. The summed E-state index contributed by atoms with van der Waals surface area (Å²) in [6, 6.07) is 16.2. The predicted octanol–water partition coefficient (Wildman–Crippen LogP) is 2.87. The van der Waals surface area contributed by atoms with Gasteiger partial charge in [0.2, 0.25) is 10.0 Å². The Morgan fingerprint density at radius 3 is 2.24 bits per heavy atom. The number of carbonyl (C=O) groups is 1. The Morgan fingerprint density at radius 2 is 1.67 bits per heavy atom. The molecule has 2 aromatic rings. The highest BCUT2D eigenvalue weighted by atomic mass is 32.2. The van der Waals surface area contributed by atoms with Gasteiger partial charge in [-0.1, -0.05) is 30.3 Å². The second-order valence-corrected chi connectivity index (χ2v) is 10.9. The molecule has 0 radical (unpaired) electrons. The number of amides is 1. The molecule has 33 heavy (non-hydrogen) atoms. The summed E-state index contributed by atoms with van der Waals surface area (Å²) in [5.74, 6) is -0.221. The first kappa shape index (κ1) is 25.4. The molecule has 2 aromatic carbocycles. The lowest BCUT2D eigenvalue weighted by Gasteiger charge is -2.37. The molecule has 1 aliphatic rings. The Morgan fingerprint density at radius 1 is 1.06 bits per heavy atom. The van der Waals surface area contributed by atoms with E-state index in [0.29, 0.717) is 18.2 Å². The van der Waals surface area contributed by atoms with Crippen molar-refractivity contribution in [2.24, 2.45) is 0 Å². The minimum Gasteiger partial charge on any atom is -0.344 e. The number of carbonyl (C=O) groups excluding carboxylic acids is 1. The van der Waals surface area contributed by atoms with Crippen LogP contribution in [0, 0.1) is 0 Å². The Hall–Kier alpha value is -2.26. The van der Waals surface area contributed by atoms with Crippen LogP contribution in [0.15, 0.2) is 59.5 Å². The number of hydrogen-bond acceptors (Lipinski definition) is 5. The normalized spacial score (nSPS) is 16.8. The molecule has 0 bridgehead atoms. The van der Waals surface area contributed by atoms with Crippen molar-refractivity contribution in [1.82, 2.24) is 19.8 Å². The van der Waals surface area contributed by atoms with Crippen LogP contribution in [-0.2, 0) is 10.0 Å². The van der Waals surface area contributed by atoms with Gasteiger partial charge in [-0.3, -0.25) is 4.79 Å². The van der Waals surface area contributed by atoms with Gasteiger partial charge in [0.15, 0.2) is 0 Å². The fourth-order valence-electron chi connectivity index (χ4n) is 4.20. The van der Waals surface area contributed by atoms with E-state index in [0.717, 1.165) is 31.5 Å². The fraction of sp³-hybridized carbons (Fsp3) is 0.480. The van der Waals surface area contributed by atoms with Gasteiger partial charge in [-0.05, 0) is 83.7 Å². The molecule has 8 heteroatoms. The molecule has 1 amide bonds. The molecule has 1 aliphatic heterocycles. The molecule has 0 saturated carbocycles. The molecule has 1 heterocycles. The van der Waals surface area contributed by atoms with Crippen LogP contribution in [0.1, 0.15) is 48.7 Å². The van der Waals surface area contributed by atoms with Crippen LogP contribution < -0.4 is 10.0 Å². The standard InChI is InChI=1S/C25H36N4O3S/c1-19(2)27-33(31,32)23-12-10-21(11-13-23)25(30)26-24(20-8-6-5-7-9-20)18-29(4)22-14-16-28(3)17-15-22/h5-13,19,22,24,27H,14-18H2,1-4H3,(H,26,30)/t24-/m0/s1. The van der Waals surface area contributed by atoms with Crippen LogP contribution in [-0.4, -0.2) is 69.9 Å². The van der Waals surface area contributed by atoms with E-state index in [1.807, 2.05) is 30.3 Å². The van der Waals surface area contributed by atoms with Crippen LogP contribution in [0.5, 0.6) is 0 Å². The van der Waals surface area contributed by atoms with Gasteiger partial charge in [0.25, 0.3) is 5.91 Å². The van der Waals surface area contributed by atoms with Crippen LogP contribution in [0.3, 0.4) is 0 Å². The van der Waals surface area contributed by atoms with Gasteiger partial charge in [0, 0.05) is 24.2 Å². The maximum Gasteiger partial charge on any atom is 0.251 e. The van der Waals surface area contributed by atoms with Crippen molar-refractivity contribution < 1.29 is 13.2 Å². The van der Waals surface area contributed by atoms with Crippen molar-refractivity contribution in [1.29, 1.82) is 0 Å². The zero-order valence-electron chi connectivity index (χ0n) is 20.0. The highest BCUT2D eigenvalue weighted by molar-refractivity contribution is 7.89. The lowest BCUT2D eigenvalue weighted by molar-refractivity contribution is 0.0905. The third kappa shape index (κ3) is 7.11. The van der Waals surface area contributed by atoms with Crippen LogP contribution in [0.25, 0.3) is 0 Å². The van der Waals surface area contributed by atoms with Crippen LogP contribution in [0.4, 0.5) is 0 Å². The van der Waals surface area contributed by atoms with Gasteiger partial charge in [-0.2, -0.15) is 0 Å². The summed E-state index contributed by atoms with van der Waals surface area (Å²) >= 11 is 0. The number of piperidine rings is 1. The van der Waals surface area contributed by atoms with E-state index < -0.39 is 10.0 Å². The highest BCUT2D eigenvalue weighted by Gasteiger charge is 2.25. The molecule has 2 N–H and O–H groups in total. The number of nitrogens with zero attached hydrogens (tertiary/aromatic N) is 2. The lowest BCUT2D eigenvalue weighted by atomic mass is 10.0. The largest absolute Gasteiger partial charge is 0.344 e. The van der Waals surface area contributed by atoms with Crippen LogP contribution >= 0.6 is 0 Å². The van der Waals surface area contributed by atoms with E-state index in [4.69, 9.17) is 0 Å². The highest BCUT2D eigenvalue weighted by Crippen LogP contribution is 2.20. The van der Waals surface area contributed by atoms with Crippen molar-refractivity contribution >= 4 is 15.9 Å². The maximum absolute atomic E-state index is 13.1. The Bertz CT molecular complexity index is 1000. The van der Waals surface area contributed by atoms with Gasteiger partial charge in [-0.25, -0.2) is 13.1 Å². The molecule has 1 atom stereocenters. The van der Waals surface area contributed by atoms with Crippen molar-refractivity contribution in [3.63, 3.8) is 0 Å². The number of hydrogen-bond donors (Lipinski definition) is 2. The number of likely N-dealkylation sites (tertiary alicyclic amines) is 1. The zero-order chi connectivity index (χ0) is 24.0. The summed E-state index contributed by atoms with van der Waals surface area (Å²) in [4.78, 5) is 17.9. The summed E-state index contributed by atoms with van der Waals surface area (Å²) in [7, 11) is 0.684. The van der Waals surface area contributed by atoms with E-state index in [9.17, 15) is 13.2 Å². The molecule has 1 fully saturated rings. The van der Waals surface area contributed by atoms with E-state index in [2.05, 4.69) is 33.9 Å². The molecular formula is C25H36N4O3S. The molecule has 7 nitrogen and oxygen atoms in total. The van der Waals surface area contributed by atoms with E-state index in [1.165, 1.54) is 12.1 Å². The van der Waals surface area contributed by atoms with Crippen molar-refractivity contribution in [3.05, 3.63) is 65.7 Å². The number of rotatable bonds is 9. The Labute approximate surface area is 198 Å². The quantitative estimate of drug-likeness (QED) is 0.587. The summed E-state index contributed by atoms with van der Waals surface area (Å²) in [5, 5.41) is 3.16. The Balaban J connectivity index is 1.72. The second kappa shape index (κ2) is 11.2. The monoisotopic (exact) mass is 472 g/mol. The Kier molecular flexibility index (Phi) is 8.64. The molecule has 1 saturated heterocycles. The molecule has 0 aliphatic carbocycles. The number of likely N-dealkylation sites (N-methyl/N-ethyl adjacent to an activating group) is 1. The number of nitrogens with one attached hydrogen (secondary N) is 2. The number of benzene rings is 2. The van der Waals surface area contributed by atoms with Crippen molar-refractivity contribution in [2.75, 3.05) is 33.7 Å². The van der Waals surface area contributed by atoms with Gasteiger partial charge in [0.1, 0.15) is 0 Å². The first-order valence-electron chi connectivity index (χ1n) is 11.5. The molecule has 0 spiro atoms. The minimum atomic E-state index is -3.59. The van der Waals surface area contributed by atoms with E-state index in [1.54, 1.807) is 26.0 Å². The minimum absolute atomic E-state index is 0.148. The van der Waals surface area contributed by atoms with Crippen LogP contribution in [0.2, 0.25) is 0 Å². The average Bonchev–Trinajstić information content (AvgIpc) is 2.79. The number of sulfonamides is 1. The van der Waals surface area contributed by atoms with Gasteiger partial charge < -0.3 is 15.1 Å². The summed E-state index contributed by atoms with van der Waals surface area (Å²) in [6.07, 6.45) is 2.23. The average molecular weight is 473 g/mol. The topological polar surface area (TPSA) is 81.7 Å². The van der Waals surface area contributed by atoms with E-state index in [-0.39, 0.29) is 22.9 Å². The first-order chi connectivity index (χ1) is 15.7. The SMILES string of the molecule is CC(C)NS(=O)(=O)c1ccc(C(=O)N[C@@H](CN(C)C2CCN(C)CC2)c2ccccc2)cc1. The van der Waals surface area contributed by atoms with Gasteiger partial charge in [0.05, 0.1) is 10.9 Å². The molecule has 180 valence electrons. The molecule has 0 aromatic heterocycles. The summed E-state index contributed by atoms with van der Waals surface area (Å²) < 4.78 is 27.3.